The van der Waals surface area contributed by atoms with E-state index in [1.165, 1.54) is 29.0 Å². The number of hydrogen-bond donors (Lipinski definition) is 0. The molecule has 111 valence electrons. The van der Waals surface area contributed by atoms with Crippen LogP contribution in [0.1, 0.15) is 11.5 Å². The quantitative estimate of drug-likeness (QED) is 0.864. The normalized spacial score (nSPS) is 20.0. The highest BCUT2D eigenvalue weighted by atomic mass is 32.2. The monoisotopic (exact) mass is 308 g/mol. The summed E-state index contributed by atoms with van der Waals surface area (Å²) >= 11 is 0. The van der Waals surface area contributed by atoms with Gasteiger partial charge in [0.25, 0.3) is 10.0 Å². The zero-order valence-corrected chi connectivity index (χ0v) is 12.3. The third-order valence-corrected chi connectivity index (χ3v) is 5.29. The lowest BCUT2D eigenvalue weighted by atomic mass is 9.99. The van der Waals surface area contributed by atoms with E-state index >= 15 is 0 Å². The van der Waals surface area contributed by atoms with Crippen LogP contribution < -0.4 is 0 Å². The molecular formula is C14H15FN3O2S. The molecule has 0 bridgehead atoms. The van der Waals surface area contributed by atoms with Crippen LogP contribution in [-0.2, 0) is 17.1 Å². The summed E-state index contributed by atoms with van der Waals surface area (Å²) in [6, 6.07) is 6.15. The number of hydrogen-bond acceptors (Lipinski definition) is 3. The molecule has 1 aliphatic rings. The maximum atomic E-state index is 12.9. The first-order valence-corrected chi connectivity index (χ1v) is 7.98. The molecule has 1 atom stereocenters. The molecule has 3 rings (SSSR count). The summed E-state index contributed by atoms with van der Waals surface area (Å²) in [5.74, 6) is -0.321. The van der Waals surface area contributed by atoms with Crippen molar-refractivity contribution in [1.29, 1.82) is 0 Å². The fraction of sp³-hybridized carbons (Fsp3) is 0.286. The lowest BCUT2D eigenvalue weighted by Crippen LogP contribution is -2.29. The van der Waals surface area contributed by atoms with Gasteiger partial charge in [0.1, 0.15) is 5.82 Å². The molecule has 1 saturated heterocycles. The van der Waals surface area contributed by atoms with E-state index < -0.39 is 10.0 Å². The number of aryl methyl sites for hydroxylation is 1. The van der Waals surface area contributed by atoms with E-state index in [-0.39, 0.29) is 16.8 Å². The largest absolute Gasteiger partial charge is 0.339 e. The van der Waals surface area contributed by atoms with Crippen LogP contribution >= 0.6 is 0 Å². The average molecular weight is 308 g/mol. The van der Waals surface area contributed by atoms with Crippen molar-refractivity contribution in [3.63, 3.8) is 0 Å². The summed E-state index contributed by atoms with van der Waals surface area (Å²) in [6.45, 7) is 0.686. The molecule has 2 aromatic rings. The second kappa shape index (κ2) is 5.23. The van der Waals surface area contributed by atoms with Crippen molar-refractivity contribution in [2.24, 2.45) is 7.05 Å². The van der Waals surface area contributed by atoms with Crippen molar-refractivity contribution in [1.82, 2.24) is 13.9 Å². The Bertz CT molecular complexity index is 740. The highest BCUT2D eigenvalue weighted by Crippen LogP contribution is 2.29. The lowest BCUT2D eigenvalue weighted by Gasteiger charge is -2.15. The minimum atomic E-state index is -3.57. The summed E-state index contributed by atoms with van der Waals surface area (Å²) in [5.41, 5.74) is 0.912. The molecule has 0 spiro atoms. The third-order valence-electron chi connectivity index (χ3n) is 3.58. The van der Waals surface area contributed by atoms with Gasteiger partial charge >= 0.3 is 0 Å². The van der Waals surface area contributed by atoms with Crippen LogP contribution in [0.5, 0.6) is 0 Å². The van der Waals surface area contributed by atoms with Crippen LogP contribution in [0.4, 0.5) is 4.39 Å². The number of benzene rings is 1. The molecule has 1 aromatic carbocycles. The Morgan fingerprint density at radius 2 is 2.00 bits per heavy atom. The van der Waals surface area contributed by atoms with E-state index in [0.717, 1.165) is 5.56 Å². The van der Waals surface area contributed by atoms with Crippen LogP contribution in [0.25, 0.3) is 0 Å². The molecule has 0 saturated carbocycles. The minimum absolute atomic E-state index is 0.0240. The Balaban J connectivity index is 1.79. The molecule has 1 aliphatic heterocycles. The summed E-state index contributed by atoms with van der Waals surface area (Å²) in [5, 5.41) is 0.0538. The van der Waals surface area contributed by atoms with Gasteiger partial charge in [-0.25, -0.2) is 17.8 Å². The van der Waals surface area contributed by atoms with Crippen molar-refractivity contribution in [3.8, 4) is 0 Å². The number of imidazole rings is 1. The average Bonchev–Trinajstić information content (AvgIpc) is 3.09. The summed E-state index contributed by atoms with van der Waals surface area (Å²) in [7, 11) is -1.85. The second-order valence-corrected chi connectivity index (χ2v) is 6.98. The molecule has 7 heteroatoms. The SMILES string of the molecule is Cn1cnc(S(=O)(=O)N2C[CH][C@@H](c3ccc(F)cc3)C2)c1. The number of nitrogens with zero attached hydrogens (tertiary/aromatic N) is 3. The van der Waals surface area contributed by atoms with Gasteiger partial charge in [-0.3, -0.25) is 0 Å². The third kappa shape index (κ3) is 2.71. The molecule has 21 heavy (non-hydrogen) atoms. The van der Waals surface area contributed by atoms with Gasteiger partial charge in [0, 0.05) is 32.3 Å². The van der Waals surface area contributed by atoms with Gasteiger partial charge in [-0.1, -0.05) is 12.1 Å². The number of aromatic nitrogens is 2. The second-order valence-electron chi connectivity index (χ2n) is 5.09. The first-order chi connectivity index (χ1) is 9.96. The van der Waals surface area contributed by atoms with Crippen LogP contribution in [0.15, 0.2) is 41.8 Å². The van der Waals surface area contributed by atoms with E-state index in [2.05, 4.69) is 4.98 Å². The zero-order chi connectivity index (χ0) is 15.0. The molecule has 1 fully saturated rings. The Hall–Kier alpha value is -1.73. The molecule has 0 N–H and O–H groups in total. The maximum Gasteiger partial charge on any atom is 0.262 e. The van der Waals surface area contributed by atoms with Gasteiger partial charge in [-0.2, -0.15) is 4.31 Å². The molecule has 5 nitrogen and oxygen atoms in total. The van der Waals surface area contributed by atoms with Gasteiger partial charge < -0.3 is 4.57 Å². The standard InChI is InChI=1S/C14H15FN3O2S/c1-17-9-14(16-10-17)21(19,20)18-7-6-12(8-18)11-2-4-13(15)5-3-11/h2-6,9-10,12H,7-8H2,1H3/t12-/m1/s1. The zero-order valence-electron chi connectivity index (χ0n) is 11.5. The Morgan fingerprint density at radius 3 is 2.62 bits per heavy atom. The lowest BCUT2D eigenvalue weighted by molar-refractivity contribution is 0.472. The first-order valence-electron chi connectivity index (χ1n) is 6.54. The van der Waals surface area contributed by atoms with Crippen molar-refractivity contribution in [2.75, 3.05) is 13.1 Å². The van der Waals surface area contributed by atoms with Crippen LogP contribution in [0.2, 0.25) is 0 Å². The summed E-state index contributed by atoms with van der Waals surface area (Å²) in [4.78, 5) is 3.91. The molecule has 2 heterocycles. The van der Waals surface area contributed by atoms with E-state index in [0.29, 0.717) is 13.1 Å². The van der Waals surface area contributed by atoms with Crippen LogP contribution in [0.3, 0.4) is 0 Å². The smallest absolute Gasteiger partial charge is 0.262 e. The molecule has 1 aromatic heterocycles. The van der Waals surface area contributed by atoms with E-state index in [9.17, 15) is 12.8 Å². The molecule has 0 unspecified atom stereocenters. The van der Waals surface area contributed by atoms with Gasteiger partial charge in [0.2, 0.25) is 0 Å². The van der Waals surface area contributed by atoms with Gasteiger partial charge in [0.05, 0.1) is 6.33 Å². The van der Waals surface area contributed by atoms with Gasteiger partial charge in [-0.05, 0) is 24.1 Å². The molecular weight excluding hydrogens is 293 g/mol. The fourth-order valence-electron chi connectivity index (χ4n) is 2.42. The van der Waals surface area contributed by atoms with Crippen molar-refractivity contribution >= 4 is 10.0 Å². The Morgan fingerprint density at radius 1 is 1.29 bits per heavy atom. The molecule has 0 amide bonds. The number of sulfonamides is 1. The maximum absolute atomic E-state index is 12.9. The van der Waals surface area contributed by atoms with Crippen LogP contribution in [0, 0.1) is 12.2 Å². The number of rotatable bonds is 3. The highest BCUT2D eigenvalue weighted by molar-refractivity contribution is 7.89. The van der Waals surface area contributed by atoms with E-state index in [4.69, 9.17) is 0 Å². The first kappa shape index (κ1) is 14.2. The van der Waals surface area contributed by atoms with Gasteiger partial charge in [0.15, 0.2) is 5.03 Å². The summed E-state index contributed by atoms with van der Waals surface area (Å²) < 4.78 is 40.8. The van der Waals surface area contributed by atoms with Crippen molar-refractivity contribution < 1.29 is 12.8 Å². The van der Waals surface area contributed by atoms with Gasteiger partial charge in [-0.15, -0.1) is 0 Å². The predicted octanol–water partition coefficient (Wildman–Crippen LogP) is 1.55. The van der Waals surface area contributed by atoms with Crippen molar-refractivity contribution in [3.05, 3.63) is 54.6 Å². The van der Waals surface area contributed by atoms with E-state index in [1.54, 1.807) is 23.7 Å². The Kier molecular flexibility index (Phi) is 3.54. The number of halogens is 1. The summed E-state index contributed by atoms with van der Waals surface area (Å²) in [6.07, 6.45) is 4.87. The topological polar surface area (TPSA) is 55.2 Å². The molecule has 1 radical (unpaired) electrons. The fourth-order valence-corrected chi connectivity index (χ4v) is 3.80. The molecule has 0 aliphatic carbocycles. The predicted molar refractivity (Wildman–Crippen MR) is 75.4 cm³/mol. The highest BCUT2D eigenvalue weighted by Gasteiger charge is 2.34. The Labute approximate surface area is 123 Å². The minimum Gasteiger partial charge on any atom is -0.339 e. The van der Waals surface area contributed by atoms with E-state index in [1.807, 2.05) is 6.42 Å². The van der Waals surface area contributed by atoms with Crippen molar-refractivity contribution in [2.45, 2.75) is 10.9 Å². The van der Waals surface area contributed by atoms with Crippen LogP contribution in [-0.4, -0.2) is 35.4 Å².